The quantitative estimate of drug-likeness (QED) is 0.247. The Morgan fingerprint density at radius 3 is 1.92 bits per heavy atom. The first-order valence-electron chi connectivity index (χ1n) is 8.51. The molecule has 0 aromatic heterocycles. The van der Waals surface area contributed by atoms with Crippen LogP contribution in [-0.4, -0.2) is 65.2 Å². The zero-order valence-electron chi connectivity index (χ0n) is 15.6. The highest BCUT2D eigenvalue weighted by molar-refractivity contribution is 5.93. The number of carbonyl (C=O) groups is 4. The minimum atomic E-state index is -1.20. The number of aliphatic carboxylic acids is 1. The first-order chi connectivity index (χ1) is 12.0. The molecule has 0 aromatic rings. The van der Waals surface area contributed by atoms with Gasteiger partial charge >= 0.3 is 5.97 Å². The van der Waals surface area contributed by atoms with Crippen molar-refractivity contribution in [3.8, 4) is 0 Å². The fraction of sp³-hybridized carbons (Fsp3) is 0.750. The van der Waals surface area contributed by atoms with Gasteiger partial charge in [-0.2, -0.15) is 0 Å². The second kappa shape index (κ2) is 11.4. The molecule has 0 saturated carbocycles. The van der Waals surface area contributed by atoms with Crippen LogP contribution >= 0.6 is 0 Å². The largest absolute Gasteiger partial charge is 0.480 e. The molecule has 7 N–H and O–H groups in total. The van der Waals surface area contributed by atoms with Gasteiger partial charge in [-0.05, 0) is 11.8 Å². The Kier molecular flexibility index (Phi) is 10.5. The van der Waals surface area contributed by atoms with E-state index < -0.39 is 55.0 Å². The van der Waals surface area contributed by atoms with Crippen LogP contribution in [0.4, 0.5) is 0 Å². The van der Waals surface area contributed by atoms with E-state index in [0.29, 0.717) is 6.42 Å². The molecule has 0 aliphatic rings. The van der Waals surface area contributed by atoms with E-state index >= 15 is 0 Å². The second-order valence-electron chi connectivity index (χ2n) is 6.50. The van der Waals surface area contributed by atoms with Crippen LogP contribution in [0.5, 0.6) is 0 Å². The Balaban J connectivity index is 5.19. The molecular formula is C16H30N4O6. The number of aliphatic hydroxyl groups excluding tert-OH is 1. The van der Waals surface area contributed by atoms with Gasteiger partial charge in [0.15, 0.2) is 0 Å². The third-order valence-corrected chi connectivity index (χ3v) is 3.99. The number of aliphatic hydroxyl groups is 1. The summed E-state index contributed by atoms with van der Waals surface area (Å²) >= 11 is 0. The van der Waals surface area contributed by atoms with Gasteiger partial charge in [-0.15, -0.1) is 0 Å². The van der Waals surface area contributed by atoms with Crippen LogP contribution in [0, 0.1) is 11.8 Å². The lowest BCUT2D eigenvalue weighted by atomic mass is 9.96. The van der Waals surface area contributed by atoms with E-state index in [0.717, 1.165) is 0 Å². The van der Waals surface area contributed by atoms with Crippen molar-refractivity contribution < 1.29 is 29.4 Å². The maximum atomic E-state index is 12.6. The predicted octanol–water partition coefficient (Wildman–Crippen LogP) is -1.82. The monoisotopic (exact) mass is 374 g/mol. The average Bonchev–Trinajstić information content (AvgIpc) is 2.59. The fourth-order valence-electron chi connectivity index (χ4n) is 2.10. The Morgan fingerprint density at radius 2 is 1.50 bits per heavy atom. The fourth-order valence-corrected chi connectivity index (χ4v) is 2.10. The minimum absolute atomic E-state index is 0.254. The summed E-state index contributed by atoms with van der Waals surface area (Å²) in [4.78, 5) is 47.3. The average molecular weight is 374 g/mol. The first kappa shape index (κ1) is 23.8. The lowest BCUT2D eigenvalue weighted by Crippen LogP contribution is -2.59. The van der Waals surface area contributed by atoms with E-state index in [9.17, 15) is 19.2 Å². The highest BCUT2D eigenvalue weighted by atomic mass is 16.4. The van der Waals surface area contributed by atoms with Gasteiger partial charge in [0.05, 0.1) is 6.61 Å². The Hall–Kier alpha value is -2.20. The molecule has 4 atom stereocenters. The van der Waals surface area contributed by atoms with Crippen molar-refractivity contribution >= 4 is 23.7 Å². The SMILES string of the molecule is CCC(C)C(NC(=O)C(NC(=O)C(N)CO)C(C)C)C(=O)NCC(=O)O. The number of rotatable bonds is 11. The van der Waals surface area contributed by atoms with Crippen LogP contribution in [0.1, 0.15) is 34.1 Å². The van der Waals surface area contributed by atoms with E-state index in [4.69, 9.17) is 15.9 Å². The van der Waals surface area contributed by atoms with Crippen LogP contribution in [0.15, 0.2) is 0 Å². The zero-order valence-corrected chi connectivity index (χ0v) is 15.6. The molecule has 0 saturated heterocycles. The van der Waals surface area contributed by atoms with Crippen LogP contribution in [0.25, 0.3) is 0 Å². The molecule has 0 aliphatic heterocycles. The lowest BCUT2D eigenvalue weighted by Gasteiger charge is -2.28. The van der Waals surface area contributed by atoms with Gasteiger partial charge in [-0.1, -0.05) is 34.1 Å². The van der Waals surface area contributed by atoms with Gasteiger partial charge in [-0.3, -0.25) is 19.2 Å². The number of nitrogens with one attached hydrogen (secondary N) is 3. The predicted molar refractivity (Wildman–Crippen MR) is 93.9 cm³/mol. The van der Waals surface area contributed by atoms with E-state index in [1.165, 1.54) is 0 Å². The number of nitrogens with two attached hydrogens (primary N) is 1. The summed E-state index contributed by atoms with van der Waals surface area (Å²) in [6, 6.07) is -3.07. The van der Waals surface area contributed by atoms with Gasteiger partial charge in [0, 0.05) is 0 Å². The van der Waals surface area contributed by atoms with Gasteiger partial charge in [0.2, 0.25) is 17.7 Å². The normalized spacial score (nSPS) is 15.5. The smallest absolute Gasteiger partial charge is 0.322 e. The highest BCUT2D eigenvalue weighted by Gasteiger charge is 2.32. The van der Waals surface area contributed by atoms with E-state index in [1.807, 2.05) is 6.92 Å². The van der Waals surface area contributed by atoms with Gasteiger partial charge in [0.25, 0.3) is 0 Å². The van der Waals surface area contributed by atoms with Crippen molar-refractivity contribution in [2.24, 2.45) is 17.6 Å². The molecule has 0 bridgehead atoms. The number of carboxylic acids is 1. The number of hydrogen-bond acceptors (Lipinski definition) is 6. The van der Waals surface area contributed by atoms with Crippen LogP contribution in [0.2, 0.25) is 0 Å². The Bertz CT molecular complexity index is 511. The summed E-state index contributed by atoms with van der Waals surface area (Å²) in [6.07, 6.45) is 0.569. The summed E-state index contributed by atoms with van der Waals surface area (Å²) in [5.41, 5.74) is 5.44. The summed E-state index contributed by atoms with van der Waals surface area (Å²) in [5.74, 6) is -3.64. The van der Waals surface area contributed by atoms with Crippen LogP contribution < -0.4 is 21.7 Å². The standard InChI is InChI=1S/C16H30N4O6/c1-5-9(4)13(15(25)18-6-11(22)23)20-16(26)12(8(2)3)19-14(24)10(17)7-21/h8-10,12-13,21H,5-7,17H2,1-4H3,(H,18,25)(H,19,24)(H,20,26)(H,22,23). The van der Waals surface area contributed by atoms with Crippen molar-refractivity contribution in [3.63, 3.8) is 0 Å². The zero-order chi connectivity index (χ0) is 20.4. The highest BCUT2D eigenvalue weighted by Crippen LogP contribution is 2.10. The van der Waals surface area contributed by atoms with Crippen molar-refractivity contribution in [2.75, 3.05) is 13.2 Å². The molecule has 10 heteroatoms. The molecule has 0 radical (unpaired) electrons. The molecule has 26 heavy (non-hydrogen) atoms. The molecular weight excluding hydrogens is 344 g/mol. The van der Waals surface area contributed by atoms with Crippen LogP contribution in [-0.2, 0) is 19.2 Å². The van der Waals surface area contributed by atoms with Crippen molar-refractivity contribution in [2.45, 2.75) is 52.2 Å². The number of carbonyl (C=O) groups excluding carboxylic acids is 3. The number of amides is 3. The van der Waals surface area contributed by atoms with E-state index in [1.54, 1.807) is 20.8 Å². The molecule has 10 nitrogen and oxygen atoms in total. The summed E-state index contributed by atoms with van der Waals surface area (Å²) in [7, 11) is 0. The Morgan fingerprint density at radius 1 is 0.962 bits per heavy atom. The lowest BCUT2D eigenvalue weighted by molar-refractivity contribution is -0.139. The van der Waals surface area contributed by atoms with Gasteiger partial charge < -0.3 is 31.9 Å². The maximum Gasteiger partial charge on any atom is 0.322 e. The third-order valence-electron chi connectivity index (χ3n) is 3.99. The number of carboxylic acid groups (broad SMARTS) is 1. The van der Waals surface area contributed by atoms with Gasteiger partial charge in [0.1, 0.15) is 24.7 Å². The molecule has 0 aromatic carbocycles. The van der Waals surface area contributed by atoms with Crippen molar-refractivity contribution in [1.82, 2.24) is 16.0 Å². The summed E-state index contributed by atoms with van der Waals surface area (Å²) in [6.45, 7) is 5.87. The van der Waals surface area contributed by atoms with Crippen molar-refractivity contribution in [1.29, 1.82) is 0 Å². The minimum Gasteiger partial charge on any atom is -0.480 e. The molecule has 0 aliphatic carbocycles. The molecule has 4 unspecified atom stereocenters. The number of hydrogen-bond donors (Lipinski definition) is 6. The maximum absolute atomic E-state index is 12.6. The molecule has 0 fully saturated rings. The Labute approximate surface area is 152 Å². The van der Waals surface area contributed by atoms with Gasteiger partial charge in [-0.25, -0.2) is 0 Å². The van der Waals surface area contributed by atoms with E-state index in [2.05, 4.69) is 16.0 Å². The van der Waals surface area contributed by atoms with E-state index in [-0.39, 0.29) is 11.8 Å². The molecule has 0 heterocycles. The topological polar surface area (TPSA) is 171 Å². The molecule has 0 rings (SSSR count). The van der Waals surface area contributed by atoms with Crippen LogP contribution in [0.3, 0.4) is 0 Å². The molecule has 150 valence electrons. The molecule has 3 amide bonds. The third kappa shape index (κ3) is 7.79. The molecule has 0 spiro atoms. The second-order valence-corrected chi connectivity index (χ2v) is 6.50. The summed E-state index contributed by atoms with van der Waals surface area (Å²) in [5, 5.41) is 24.9. The van der Waals surface area contributed by atoms with Crippen molar-refractivity contribution in [3.05, 3.63) is 0 Å². The summed E-state index contributed by atoms with van der Waals surface area (Å²) < 4.78 is 0. The first-order valence-corrected chi connectivity index (χ1v) is 8.51.